The van der Waals surface area contributed by atoms with E-state index in [1.54, 1.807) is 24.1 Å². The van der Waals surface area contributed by atoms with E-state index in [1.165, 1.54) is 6.33 Å². The summed E-state index contributed by atoms with van der Waals surface area (Å²) in [6.07, 6.45) is 7.57. The van der Waals surface area contributed by atoms with E-state index in [9.17, 15) is 9.90 Å². The van der Waals surface area contributed by atoms with Crippen LogP contribution in [0.1, 0.15) is 29.3 Å². The van der Waals surface area contributed by atoms with Gasteiger partial charge >= 0.3 is 5.97 Å². The minimum absolute atomic E-state index is 0.602. The van der Waals surface area contributed by atoms with Crippen molar-refractivity contribution in [2.75, 3.05) is 5.32 Å². The highest BCUT2D eigenvalue weighted by Crippen LogP contribution is 2.28. The Morgan fingerprint density at radius 2 is 2.30 bits per heavy atom. The molecule has 20 heavy (non-hydrogen) atoms. The van der Waals surface area contributed by atoms with Crippen molar-refractivity contribution in [3.8, 4) is 0 Å². The molecular formula is C13H15N5O2. The largest absolute Gasteiger partial charge is 0.479 e. The summed E-state index contributed by atoms with van der Waals surface area (Å²) in [5.74, 6) is -0.341. The smallest absolute Gasteiger partial charge is 0.330 e. The molecule has 2 aromatic heterocycles. The first kappa shape index (κ1) is 12.6. The van der Waals surface area contributed by atoms with Crippen LogP contribution in [-0.4, -0.2) is 30.8 Å². The van der Waals surface area contributed by atoms with E-state index in [4.69, 9.17) is 0 Å². The fourth-order valence-electron chi connectivity index (χ4n) is 2.50. The Bertz CT molecular complexity index is 652. The molecule has 2 N–H and O–H groups in total. The number of fused-ring (bicyclic) bond motifs is 1. The van der Waals surface area contributed by atoms with E-state index in [2.05, 4.69) is 20.4 Å². The molecule has 7 nitrogen and oxygen atoms in total. The number of carboxylic acid groups (broad SMARTS) is 1. The molecule has 0 spiro atoms. The van der Waals surface area contributed by atoms with Crippen molar-refractivity contribution in [1.29, 1.82) is 0 Å². The van der Waals surface area contributed by atoms with Crippen LogP contribution in [0.15, 0.2) is 18.7 Å². The molecule has 0 bridgehead atoms. The first-order valence-corrected chi connectivity index (χ1v) is 6.46. The van der Waals surface area contributed by atoms with Crippen molar-refractivity contribution in [1.82, 2.24) is 19.7 Å². The molecule has 7 heteroatoms. The van der Waals surface area contributed by atoms with E-state index in [0.29, 0.717) is 11.4 Å². The quantitative estimate of drug-likeness (QED) is 0.861. The summed E-state index contributed by atoms with van der Waals surface area (Å²) < 4.78 is 1.58. The number of hydrogen-bond donors (Lipinski definition) is 2. The number of nitrogens with one attached hydrogen (secondary N) is 1. The van der Waals surface area contributed by atoms with E-state index in [0.717, 1.165) is 30.5 Å². The van der Waals surface area contributed by atoms with E-state index >= 15 is 0 Å². The summed E-state index contributed by atoms with van der Waals surface area (Å²) in [5.41, 5.74) is 2.64. The first-order chi connectivity index (χ1) is 9.65. The number of rotatable bonds is 4. The van der Waals surface area contributed by atoms with Crippen LogP contribution in [-0.2, 0) is 24.7 Å². The zero-order valence-electron chi connectivity index (χ0n) is 11.1. The topological polar surface area (TPSA) is 92.9 Å². The molecule has 3 rings (SSSR count). The molecule has 1 unspecified atom stereocenters. The second kappa shape index (κ2) is 4.92. The van der Waals surface area contributed by atoms with Gasteiger partial charge in [0.2, 0.25) is 0 Å². The van der Waals surface area contributed by atoms with Gasteiger partial charge < -0.3 is 10.4 Å². The number of nitrogens with zero attached hydrogens (tertiary/aromatic N) is 4. The average molecular weight is 273 g/mol. The lowest BCUT2D eigenvalue weighted by Gasteiger charge is -2.15. The van der Waals surface area contributed by atoms with Crippen molar-refractivity contribution in [2.45, 2.75) is 25.3 Å². The van der Waals surface area contributed by atoms with Crippen molar-refractivity contribution < 1.29 is 9.90 Å². The van der Waals surface area contributed by atoms with Crippen LogP contribution in [0, 0.1) is 0 Å². The van der Waals surface area contributed by atoms with Crippen LogP contribution in [0.4, 0.5) is 5.82 Å². The van der Waals surface area contributed by atoms with Crippen LogP contribution < -0.4 is 5.32 Å². The molecule has 2 heterocycles. The zero-order chi connectivity index (χ0) is 14.1. The van der Waals surface area contributed by atoms with Gasteiger partial charge in [0.25, 0.3) is 0 Å². The third-order valence-corrected chi connectivity index (χ3v) is 3.46. The molecule has 0 saturated heterocycles. The lowest BCUT2D eigenvalue weighted by Crippen LogP contribution is -2.21. The molecule has 0 aromatic carbocycles. The summed E-state index contributed by atoms with van der Waals surface area (Å²) in [6, 6.07) is -0.858. The second-order valence-electron chi connectivity index (χ2n) is 4.86. The highest BCUT2D eigenvalue weighted by atomic mass is 16.4. The summed E-state index contributed by atoms with van der Waals surface area (Å²) in [5, 5.41) is 16.4. The van der Waals surface area contributed by atoms with Crippen molar-refractivity contribution in [3.05, 3.63) is 35.5 Å². The first-order valence-electron chi connectivity index (χ1n) is 6.46. The Labute approximate surface area is 115 Å². The van der Waals surface area contributed by atoms with Gasteiger partial charge in [0.05, 0.1) is 6.20 Å². The summed E-state index contributed by atoms with van der Waals surface area (Å²) >= 11 is 0. The molecule has 1 aliphatic rings. The van der Waals surface area contributed by atoms with Gasteiger partial charge in [-0.05, 0) is 19.3 Å². The molecule has 0 fully saturated rings. The Morgan fingerprint density at radius 1 is 1.45 bits per heavy atom. The standard InChI is InChI=1S/C13H15N5O2/c1-18-6-8(5-16-18)11(13(19)20)17-12-9-3-2-4-10(9)14-7-15-12/h5-7,11H,2-4H2,1H3,(H,19,20)(H,14,15,17). The summed E-state index contributed by atoms with van der Waals surface area (Å²) in [4.78, 5) is 19.9. The van der Waals surface area contributed by atoms with E-state index in [-0.39, 0.29) is 0 Å². The molecule has 1 atom stereocenters. The maximum absolute atomic E-state index is 11.5. The fourth-order valence-corrected chi connectivity index (χ4v) is 2.50. The van der Waals surface area contributed by atoms with Gasteiger partial charge in [-0.25, -0.2) is 14.8 Å². The van der Waals surface area contributed by atoms with Gasteiger partial charge in [-0.3, -0.25) is 4.68 Å². The van der Waals surface area contributed by atoms with Crippen LogP contribution >= 0.6 is 0 Å². The highest BCUT2D eigenvalue weighted by Gasteiger charge is 2.25. The molecule has 104 valence electrons. The lowest BCUT2D eigenvalue weighted by atomic mass is 10.1. The molecule has 0 aliphatic heterocycles. The van der Waals surface area contributed by atoms with Gasteiger partial charge in [-0.15, -0.1) is 0 Å². The molecule has 1 aliphatic carbocycles. The number of carboxylic acids is 1. The maximum atomic E-state index is 11.5. The Morgan fingerprint density at radius 3 is 3.00 bits per heavy atom. The van der Waals surface area contributed by atoms with E-state index in [1.807, 2.05) is 0 Å². The van der Waals surface area contributed by atoms with Crippen molar-refractivity contribution >= 4 is 11.8 Å². The number of carbonyl (C=O) groups is 1. The predicted octanol–water partition coefficient (Wildman–Crippen LogP) is 0.937. The Kier molecular flexibility index (Phi) is 3.09. The summed E-state index contributed by atoms with van der Waals surface area (Å²) in [6.45, 7) is 0. The normalized spacial score (nSPS) is 14.8. The van der Waals surface area contributed by atoms with Crippen molar-refractivity contribution in [2.24, 2.45) is 7.05 Å². The highest BCUT2D eigenvalue weighted by molar-refractivity contribution is 5.79. The van der Waals surface area contributed by atoms with Gasteiger partial charge in [0, 0.05) is 30.1 Å². The van der Waals surface area contributed by atoms with Crippen molar-refractivity contribution in [3.63, 3.8) is 0 Å². The Hall–Kier alpha value is -2.44. The van der Waals surface area contributed by atoms with Crippen LogP contribution in [0.2, 0.25) is 0 Å². The number of hydrogen-bond acceptors (Lipinski definition) is 5. The monoisotopic (exact) mass is 273 g/mol. The minimum Gasteiger partial charge on any atom is -0.479 e. The minimum atomic E-state index is -0.955. The Balaban J connectivity index is 1.92. The predicted molar refractivity (Wildman–Crippen MR) is 71.3 cm³/mol. The average Bonchev–Trinajstić information content (AvgIpc) is 3.04. The third kappa shape index (κ3) is 2.22. The molecule has 0 amide bonds. The summed E-state index contributed by atoms with van der Waals surface area (Å²) in [7, 11) is 1.75. The number of anilines is 1. The van der Waals surface area contributed by atoms with Crippen LogP contribution in [0.3, 0.4) is 0 Å². The van der Waals surface area contributed by atoms with Gasteiger partial charge in [-0.2, -0.15) is 5.10 Å². The fraction of sp³-hybridized carbons (Fsp3) is 0.385. The molecule has 0 saturated carbocycles. The van der Waals surface area contributed by atoms with Gasteiger partial charge in [-0.1, -0.05) is 0 Å². The maximum Gasteiger partial charge on any atom is 0.330 e. The van der Waals surface area contributed by atoms with Crippen LogP contribution in [0.5, 0.6) is 0 Å². The SMILES string of the molecule is Cn1cc(C(Nc2ncnc3c2CCC3)C(=O)O)cn1. The lowest BCUT2D eigenvalue weighted by molar-refractivity contribution is -0.138. The number of aryl methyl sites for hydroxylation is 2. The zero-order valence-corrected chi connectivity index (χ0v) is 11.1. The van der Waals surface area contributed by atoms with Gasteiger partial charge in [0.1, 0.15) is 12.1 Å². The van der Waals surface area contributed by atoms with E-state index < -0.39 is 12.0 Å². The number of aliphatic carboxylic acids is 1. The molecule has 2 aromatic rings. The number of aromatic nitrogens is 4. The molecule has 0 radical (unpaired) electrons. The second-order valence-corrected chi connectivity index (χ2v) is 4.86. The van der Waals surface area contributed by atoms with Crippen LogP contribution in [0.25, 0.3) is 0 Å². The van der Waals surface area contributed by atoms with Gasteiger partial charge in [0.15, 0.2) is 6.04 Å². The molecular weight excluding hydrogens is 258 g/mol. The third-order valence-electron chi connectivity index (χ3n) is 3.46.